The molecule has 0 aliphatic carbocycles. The van der Waals surface area contributed by atoms with Crippen molar-refractivity contribution in [2.24, 2.45) is 0 Å². The van der Waals surface area contributed by atoms with Gasteiger partial charge in [0, 0.05) is 0 Å². The molecule has 0 spiro atoms. The molecule has 1 aliphatic rings. The molecule has 1 aromatic carbocycles. The van der Waals surface area contributed by atoms with Crippen molar-refractivity contribution in [3.63, 3.8) is 0 Å². The number of benzene rings is 1. The second-order valence-electron chi connectivity index (χ2n) is 6.02. The third-order valence-corrected chi connectivity index (χ3v) is 7.51. The number of anilines is 1. The fraction of sp³-hybridized carbons (Fsp3) is 0.294. The molecule has 1 fully saturated rings. The Hall–Kier alpha value is -1.89. The molecule has 0 N–H and O–H groups in total. The van der Waals surface area contributed by atoms with Gasteiger partial charge >= 0.3 is 155 Å². The van der Waals surface area contributed by atoms with Crippen molar-refractivity contribution >= 4 is 46.5 Å². The van der Waals surface area contributed by atoms with Gasteiger partial charge in [0.25, 0.3) is 0 Å². The Morgan fingerprint density at radius 1 is 1.08 bits per heavy atom. The van der Waals surface area contributed by atoms with Gasteiger partial charge in [-0.25, -0.2) is 0 Å². The van der Waals surface area contributed by atoms with Crippen LogP contribution in [0.25, 0.3) is 15.6 Å². The Kier molecular flexibility index (Phi) is 3.96. The van der Waals surface area contributed by atoms with Crippen LogP contribution in [0.2, 0.25) is 0 Å². The van der Waals surface area contributed by atoms with E-state index in [1.165, 1.54) is 23.1 Å². The van der Waals surface area contributed by atoms with E-state index in [0.717, 1.165) is 39.6 Å². The van der Waals surface area contributed by atoms with Crippen LogP contribution in [0.1, 0.15) is 18.4 Å². The van der Waals surface area contributed by atoms with Gasteiger partial charge in [0.2, 0.25) is 0 Å². The summed E-state index contributed by atoms with van der Waals surface area (Å²) in [6.07, 6.45) is 4.26. The SMILES string of the molecule is c1ccc(CSc2nc3c4[se]c(N5CCCC5)nc4ncn3n2)cc1. The van der Waals surface area contributed by atoms with E-state index in [-0.39, 0.29) is 14.5 Å². The molecular formula is C17H16N6SSe. The minimum atomic E-state index is 0.170. The van der Waals surface area contributed by atoms with E-state index in [4.69, 9.17) is 9.97 Å². The molecule has 3 aromatic heterocycles. The van der Waals surface area contributed by atoms with Crippen molar-refractivity contribution in [1.29, 1.82) is 0 Å². The van der Waals surface area contributed by atoms with Crippen molar-refractivity contribution in [1.82, 2.24) is 24.6 Å². The van der Waals surface area contributed by atoms with Gasteiger partial charge in [-0.05, 0) is 0 Å². The van der Waals surface area contributed by atoms with Crippen molar-refractivity contribution in [2.45, 2.75) is 23.8 Å². The quantitative estimate of drug-likeness (QED) is 0.377. The third kappa shape index (κ3) is 2.94. The van der Waals surface area contributed by atoms with Crippen LogP contribution in [-0.4, -0.2) is 52.2 Å². The summed E-state index contributed by atoms with van der Waals surface area (Å²) in [4.78, 5) is 16.4. The standard InChI is InChI=1S/C17H16N6SSe/c1-2-6-12(7-3-1)10-24-16-20-15-13-14(18-11-23(15)21-16)19-17(25-13)22-8-4-5-9-22/h1-3,6-7,11H,4-5,8-10H2. The molecular weight excluding hydrogens is 399 g/mol. The van der Waals surface area contributed by atoms with E-state index in [0.29, 0.717) is 0 Å². The van der Waals surface area contributed by atoms with Gasteiger partial charge in [-0.15, -0.1) is 0 Å². The first kappa shape index (κ1) is 15.4. The van der Waals surface area contributed by atoms with Crippen LogP contribution in [0, 0.1) is 0 Å². The van der Waals surface area contributed by atoms with Gasteiger partial charge in [0.1, 0.15) is 0 Å². The second kappa shape index (κ2) is 6.44. The Labute approximate surface area is 155 Å². The molecule has 1 saturated heterocycles. The van der Waals surface area contributed by atoms with Gasteiger partial charge in [0.05, 0.1) is 0 Å². The van der Waals surface area contributed by atoms with Crippen LogP contribution in [0.15, 0.2) is 41.8 Å². The van der Waals surface area contributed by atoms with E-state index < -0.39 is 0 Å². The zero-order chi connectivity index (χ0) is 16.6. The predicted octanol–water partition coefficient (Wildman–Crippen LogP) is 2.62. The Balaban J connectivity index is 1.47. The maximum absolute atomic E-state index is 4.76. The van der Waals surface area contributed by atoms with Crippen molar-refractivity contribution in [3.05, 3.63) is 42.2 Å². The van der Waals surface area contributed by atoms with E-state index >= 15 is 0 Å². The van der Waals surface area contributed by atoms with E-state index in [2.05, 4.69) is 39.2 Å². The average molecular weight is 415 g/mol. The molecule has 5 rings (SSSR count). The number of aromatic nitrogens is 5. The number of thioether (sulfide) groups is 1. The first-order valence-corrected chi connectivity index (χ1v) is 11.0. The summed E-state index contributed by atoms with van der Waals surface area (Å²) in [5.74, 6) is 0.869. The fourth-order valence-corrected chi connectivity index (χ4v) is 5.99. The normalized spacial score (nSPS) is 14.8. The van der Waals surface area contributed by atoms with Crippen molar-refractivity contribution < 1.29 is 0 Å². The fourth-order valence-electron chi connectivity index (χ4n) is 3.01. The molecule has 1 aliphatic heterocycles. The Morgan fingerprint density at radius 3 is 2.76 bits per heavy atom. The first-order valence-electron chi connectivity index (χ1n) is 8.30. The average Bonchev–Trinajstić information content (AvgIpc) is 3.37. The van der Waals surface area contributed by atoms with E-state index in [1.807, 2.05) is 6.07 Å². The third-order valence-electron chi connectivity index (χ3n) is 4.29. The van der Waals surface area contributed by atoms with E-state index in [1.54, 1.807) is 22.6 Å². The Bertz CT molecular complexity index is 1020. The van der Waals surface area contributed by atoms with Gasteiger partial charge in [-0.3, -0.25) is 0 Å². The maximum atomic E-state index is 4.76. The van der Waals surface area contributed by atoms with E-state index in [9.17, 15) is 0 Å². The predicted molar refractivity (Wildman–Crippen MR) is 100 cm³/mol. The molecule has 0 unspecified atom stereocenters. The number of rotatable bonds is 4. The first-order chi connectivity index (χ1) is 12.4. The molecule has 6 nitrogen and oxygen atoms in total. The minimum absolute atomic E-state index is 0.170. The monoisotopic (exact) mass is 416 g/mol. The molecule has 126 valence electrons. The van der Waals surface area contributed by atoms with Gasteiger partial charge < -0.3 is 0 Å². The molecule has 0 atom stereocenters. The second-order valence-corrected chi connectivity index (χ2v) is 9.02. The van der Waals surface area contributed by atoms with Gasteiger partial charge in [-0.2, -0.15) is 0 Å². The van der Waals surface area contributed by atoms with Gasteiger partial charge in [-0.1, -0.05) is 0 Å². The molecule has 0 amide bonds. The van der Waals surface area contributed by atoms with Crippen LogP contribution < -0.4 is 4.90 Å². The van der Waals surface area contributed by atoms with Crippen LogP contribution in [-0.2, 0) is 5.75 Å². The number of hydrogen-bond acceptors (Lipinski definition) is 6. The van der Waals surface area contributed by atoms with Crippen molar-refractivity contribution in [3.8, 4) is 0 Å². The van der Waals surface area contributed by atoms with Crippen LogP contribution in [0.4, 0.5) is 4.69 Å². The molecule has 0 saturated carbocycles. The summed E-state index contributed by atoms with van der Waals surface area (Å²) in [6, 6.07) is 10.4. The Morgan fingerprint density at radius 2 is 1.92 bits per heavy atom. The molecule has 0 radical (unpaired) electrons. The van der Waals surface area contributed by atoms with Crippen LogP contribution in [0.5, 0.6) is 0 Å². The molecule has 25 heavy (non-hydrogen) atoms. The van der Waals surface area contributed by atoms with Crippen molar-refractivity contribution in [2.75, 3.05) is 18.0 Å². The van der Waals surface area contributed by atoms with Crippen LogP contribution in [0.3, 0.4) is 0 Å². The summed E-state index contributed by atoms with van der Waals surface area (Å²) in [7, 11) is 0. The summed E-state index contributed by atoms with van der Waals surface area (Å²) < 4.78 is 4.16. The molecule has 4 heterocycles. The number of fused-ring (bicyclic) bond motifs is 3. The molecule has 4 aromatic rings. The topological polar surface area (TPSA) is 59.2 Å². The van der Waals surface area contributed by atoms with Gasteiger partial charge in [0.15, 0.2) is 0 Å². The molecule has 0 bridgehead atoms. The number of nitrogens with zero attached hydrogens (tertiary/aromatic N) is 6. The number of hydrogen-bond donors (Lipinski definition) is 0. The summed E-state index contributed by atoms with van der Waals surface area (Å²) >= 11 is 1.83. The summed E-state index contributed by atoms with van der Waals surface area (Å²) in [5, 5.41) is 5.38. The summed E-state index contributed by atoms with van der Waals surface area (Å²) in [5.41, 5.74) is 3.03. The summed E-state index contributed by atoms with van der Waals surface area (Å²) in [6.45, 7) is 2.24. The zero-order valence-electron chi connectivity index (χ0n) is 13.5. The van der Waals surface area contributed by atoms with Crippen LogP contribution >= 0.6 is 11.8 Å². The molecule has 8 heteroatoms. The zero-order valence-corrected chi connectivity index (χ0v) is 16.0.